The maximum atomic E-state index is 12.7. The highest BCUT2D eigenvalue weighted by molar-refractivity contribution is 5.79. The van der Waals surface area contributed by atoms with Crippen LogP contribution in [0.25, 0.3) is 0 Å². The van der Waals surface area contributed by atoms with Crippen molar-refractivity contribution < 1.29 is 14.3 Å². The summed E-state index contributed by atoms with van der Waals surface area (Å²) in [6, 6.07) is 9.92. The minimum absolute atomic E-state index is 0.0618. The van der Waals surface area contributed by atoms with E-state index in [4.69, 9.17) is 4.74 Å². The summed E-state index contributed by atoms with van der Waals surface area (Å²) in [5.74, 6) is 0.418. The molecule has 0 aromatic heterocycles. The number of piperidine rings is 2. The molecular formula is C20H28N2O3. The van der Waals surface area contributed by atoms with Crippen LogP contribution in [0.15, 0.2) is 30.3 Å². The Morgan fingerprint density at radius 1 is 1.20 bits per heavy atom. The molecular weight excluding hydrogens is 316 g/mol. The number of likely N-dealkylation sites (tertiary alicyclic amines) is 2. The van der Waals surface area contributed by atoms with Gasteiger partial charge in [-0.2, -0.15) is 0 Å². The Morgan fingerprint density at radius 2 is 2.00 bits per heavy atom. The molecule has 2 heterocycles. The Balaban J connectivity index is 1.63. The molecule has 0 bridgehead atoms. The van der Waals surface area contributed by atoms with Gasteiger partial charge in [0.15, 0.2) is 0 Å². The molecule has 1 spiro atoms. The molecule has 3 rings (SSSR count). The molecule has 0 saturated carbocycles. The van der Waals surface area contributed by atoms with Crippen LogP contribution in [0.5, 0.6) is 0 Å². The Labute approximate surface area is 149 Å². The molecule has 2 aliphatic heterocycles. The summed E-state index contributed by atoms with van der Waals surface area (Å²) in [5, 5.41) is 0. The van der Waals surface area contributed by atoms with Gasteiger partial charge >= 0.3 is 0 Å². The second-order valence-corrected chi connectivity index (χ2v) is 7.39. The zero-order valence-electron chi connectivity index (χ0n) is 15.1. The standard InChI is InChI=1S/C20H28N2O3/c1-25-13-12-22-16-20(10-8-18(22)23)9-5-11-21(15-20)19(24)14-17-6-3-2-4-7-17/h2-4,6-7H,5,8-16H2,1H3. The predicted molar refractivity (Wildman–Crippen MR) is 96.1 cm³/mol. The normalized spacial score (nSPS) is 24.0. The van der Waals surface area contributed by atoms with Crippen LogP contribution in [0.1, 0.15) is 31.2 Å². The van der Waals surface area contributed by atoms with E-state index in [-0.39, 0.29) is 17.2 Å². The van der Waals surface area contributed by atoms with Gasteiger partial charge in [0, 0.05) is 45.1 Å². The number of nitrogens with zero attached hydrogens (tertiary/aromatic N) is 2. The fraction of sp³-hybridized carbons (Fsp3) is 0.600. The summed E-state index contributed by atoms with van der Waals surface area (Å²) in [6.45, 7) is 3.58. The number of rotatable bonds is 5. The Morgan fingerprint density at radius 3 is 2.76 bits per heavy atom. The number of carbonyl (C=O) groups is 2. The average molecular weight is 344 g/mol. The minimum Gasteiger partial charge on any atom is -0.383 e. The van der Waals surface area contributed by atoms with Crippen LogP contribution >= 0.6 is 0 Å². The van der Waals surface area contributed by atoms with Crippen molar-refractivity contribution in [2.45, 2.75) is 32.1 Å². The Kier molecular flexibility index (Phi) is 5.74. The van der Waals surface area contributed by atoms with Gasteiger partial charge in [-0.3, -0.25) is 9.59 Å². The van der Waals surface area contributed by atoms with Gasteiger partial charge in [-0.05, 0) is 24.8 Å². The lowest BCUT2D eigenvalue weighted by molar-refractivity contribution is -0.143. The molecule has 2 aliphatic rings. The first kappa shape index (κ1) is 17.9. The van der Waals surface area contributed by atoms with E-state index in [9.17, 15) is 9.59 Å². The molecule has 2 fully saturated rings. The summed E-state index contributed by atoms with van der Waals surface area (Å²) in [6.07, 6.45) is 4.06. The van der Waals surface area contributed by atoms with Crippen molar-refractivity contribution in [3.63, 3.8) is 0 Å². The minimum atomic E-state index is 0.0618. The summed E-state index contributed by atoms with van der Waals surface area (Å²) < 4.78 is 5.14. The average Bonchev–Trinajstić information content (AvgIpc) is 2.64. The van der Waals surface area contributed by atoms with E-state index in [0.717, 1.165) is 44.5 Å². The SMILES string of the molecule is COCCN1CC2(CCCN(C(=O)Cc3ccccc3)C2)CCC1=O. The smallest absolute Gasteiger partial charge is 0.227 e. The van der Waals surface area contributed by atoms with Crippen LogP contribution in [-0.4, -0.2) is 61.5 Å². The fourth-order valence-electron chi connectivity index (χ4n) is 4.14. The molecule has 1 aromatic rings. The quantitative estimate of drug-likeness (QED) is 0.822. The van der Waals surface area contributed by atoms with Crippen molar-refractivity contribution in [2.24, 2.45) is 5.41 Å². The van der Waals surface area contributed by atoms with E-state index in [1.54, 1.807) is 7.11 Å². The van der Waals surface area contributed by atoms with Crippen molar-refractivity contribution in [1.29, 1.82) is 0 Å². The van der Waals surface area contributed by atoms with Crippen LogP contribution < -0.4 is 0 Å². The molecule has 5 heteroatoms. The highest BCUT2D eigenvalue weighted by Gasteiger charge is 2.42. The molecule has 0 aliphatic carbocycles. The lowest BCUT2D eigenvalue weighted by Crippen LogP contribution is -2.55. The third-order valence-electron chi connectivity index (χ3n) is 5.53. The highest BCUT2D eigenvalue weighted by Crippen LogP contribution is 2.39. The molecule has 2 amide bonds. The van der Waals surface area contributed by atoms with Crippen molar-refractivity contribution >= 4 is 11.8 Å². The number of methoxy groups -OCH3 is 1. The summed E-state index contributed by atoms with van der Waals surface area (Å²) >= 11 is 0. The lowest BCUT2D eigenvalue weighted by atomic mass is 9.73. The van der Waals surface area contributed by atoms with Gasteiger partial charge in [-0.1, -0.05) is 30.3 Å². The second-order valence-electron chi connectivity index (χ2n) is 7.39. The zero-order chi connectivity index (χ0) is 17.7. The van der Waals surface area contributed by atoms with E-state index in [1.165, 1.54) is 0 Å². The fourth-order valence-corrected chi connectivity index (χ4v) is 4.14. The topological polar surface area (TPSA) is 49.9 Å². The lowest BCUT2D eigenvalue weighted by Gasteiger charge is -2.48. The first-order valence-corrected chi connectivity index (χ1v) is 9.20. The molecule has 1 aromatic carbocycles. The largest absolute Gasteiger partial charge is 0.383 e. The van der Waals surface area contributed by atoms with E-state index in [1.807, 2.05) is 40.1 Å². The molecule has 25 heavy (non-hydrogen) atoms. The maximum absolute atomic E-state index is 12.7. The number of hydrogen-bond donors (Lipinski definition) is 0. The van der Waals surface area contributed by atoms with Gasteiger partial charge in [0.05, 0.1) is 13.0 Å². The first-order chi connectivity index (χ1) is 12.1. The first-order valence-electron chi connectivity index (χ1n) is 9.20. The number of hydrogen-bond acceptors (Lipinski definition) is 3. The number of ether oxygens (including phenoxy) is 1. The van der Waals surface area contributed by atoms with E-state index in [0.29, 0.717) is 26.0 Å². The number of amides is 2. The van der Waals surface area contributed by atoms with Crippen LogP contribution in [0.4, 0.5) is 0 Å². The van der Waals surface area contributed by atoms with Crippen LogP contribution in [0.2, 0.25) is 0 Å². The molecule has 5 nitrogen and oxygen atoms in total. The third-order valence-corrected chi connectivity index (χ3v) is 5.53. The monoisotopic (exact) mass is 344 g/mol. The van der Waals surface area contributed by atoms with E-state index >= 15 is 0 Å². The highest BCUT2D eigenvalue weighted by atomic mass is 16.5. The number of carbonyl (C=O) groups excluding carboxylic acids is 2. The summed E-state index contributed by atoms with van der Waals surface area (Å²) in [5.41, 5.74) is 1.12. The number of benzene rings is 1. The van der Waals surface area contributed by atoms with Gasteiger partial charge in [-0.15, -0.1) is 0 Å². The van der Waals surface area contributed by atoms with Gasteiger partial charge in [-0.25, -0.2) is 0 Å². The summed E-state index contributed by atoms with van der Waals surface area (Å²) in [4.78, 5) is 28.9. The van der Waals surface area contributed by atoms with Crippen LogP contribution in [-0.2, 0) is 20.7 Å². The molecule has 1 unspecified atom stereocenters. The maximum Gasteiger partial charge on any atom is 0.227 e. The van der Waals surface area contributed by atoms with E-state index in [2.05, 4.69) is 0 Å². The summed E-state index contributed by atoms with van der Waals surface area (Å²) in [7, 11) is 1.66. The Hall–Kier alpha value is -1.88. The van der Waals surface area contributed by atoms with Gasteiger partial charge in [0.2, 0.25) is 11.8 Å². The van der Waals surface area contributed by atoms with Crippen LogP contribution in [0.3, 0.4) is 0 Å². The zero-order valence-corrected chi connectivity index (χ0v) is 15.1. The van der Waals surface area contributed by atoms with Crippen molar-refractivity contribution in [3.8, 4) is 0 Å². The molecule has 136 valence electrons. The van der Waals surface area contributed by atoms with E-state index < -0.39 is 0 Å². The van der Waals surface area contributed by atoms with Gasteiger partial charge in [0.1, 0.15) is 0 Å². The van der Waals surface area contributed by atoms with Crippen LogP contribution in [0, 0.1) is 5.41 Å². The molecule has 2 saturated heterocycles. The predicted octanol–water partition coefficient (Wildman–Crippen LogP) is 2.11. The molecule has 0 N–H and O–H groups in total. The van der Waals surface area contributed by atoms with Crippen molar-refractivity contribution in [2.75, 3.05) is 39.9 Å². The molecule has 0 radical (unpaired) electrons. The van der Waals surface area contributed by atoms with Crippen molar-refractivity contribution in [3.05, 3.63) is 35.9 Å². The molecule has 1 atom stereocenters. The third kappa shape index (κ3) is 4.40. The Bertz CT molecular complexity index is 604. The van der Waals surface area contributed by atoms with Gasteiger partial charge < -0.3 is 14.5 Å². The van der Waals surface area contributed by atoms with Crippen molar-refractivity contribution in [1.82, 2.24) is 9.80 Å². The van der Waals surface area contributed by atoms with Gasteiger partial charge in [0.25, 0.3) is 0 Å². The second kappa shape index (κ2) is 8.00.